The Morgan fingerprint density at radius 2 is 1.65 bits per heavy atom. The summed E-state index contributed by atoms with van der Waals surface area (Å²) < 4.78 is 0.960. The van der Waals surface area contributed by atoms with E-state index in [4.69, 9.17) is 0 Å². The van der Waals surface area contributed by atoms with Crippen molar-refractivity contribution in [1.29, 1.82) is 0 Å². The van der Waals surface area contributed by atoms with Crippen LogP contribution in [0.25, 0.3) is 27.8 Å². The standard InChI is InChI=1S/C19H14N4O3/c1-11-9-16(24)21-19(20-11)23-18(26)14-8-7-13(10-15(14)17(25)22-23)12-5-3-2-4-6-12/h2-10H,1H3,(H,22,25)(H,20,21,24). The summed E-state index contributed by atoms with van der Waals surface area (Å²) in [6.45, 7) is 1.63. The van der Waals surface area contributed by atoms with Crippen LogP contribution < -0.4 is 16.7 Å². The molecule has 2 aromatic carbocycles. The van der Waals surface area contributed by atoms with E-state index in [1.807, 2.05) is 30.3 Å². The van der Waals surface area contributed by atoms with Crippen LogP contribution in [0.5, 0.6) is 0 Å². The monoisotopic (exact) mass is 346 g/mol. The second-order valence-electron chi connectivity index (χ2n) is 5.92. The van der Waals surface area contributed by atoms with Crippen molar-refractivity contribution < 1.29 is 0 Å². The average Bonchev–Trinajstić information content (AvgIpc) is 2.64. The van der Waals surface area contributed by atoms with Crippen LogP contribution in [-0.2, 0) is 0 Å². The molecule has 0 spiro atoms. The van der Waals surface area contributed by atoms with E-state index in [2.05, 4.69) is 15.1 Å². The Bertz CT molecular complexity index is 1300. The van der Waals surface area contributed by atoms with Gasteiger partial charge in [0.2, 0.25) is 5.95 Å². The lowest BCUT2D eigenvalue weighted by Crippen LogP contribution is -2.31. The van der Waals surface area contributed by atoms with Gasteiger partial charge in [0.15, 0.2) is 0 Å². The third-order valence-corrected chi connectivity index (χ3v) is 4.09. The number of aryl methyl sites for hydroxylation is 1. The van der Waals surface area contributed by atoms with E-state index in [0.29, 0.717) is 5.69 Å². The summed E-state index contributed by atoms with van der Waals surface area (Å²) in [5, 5.41) is 3.01. The fourth-order valence-electron chi connectivity index (χ4n) is 2.88. The van der Waals surface area contributed by atoms with Gasteiger partial charge in [-0.1, -0.05) is 36.4 Å². The predicted molar refractivity (Wildman–Crippen MR) is 98.8 cm³/mol. The van der Waals surface area contributed by atoms with Crippen molar-refractivity contribution in [2.24, 2.45) is 0 Å². The maximum absolute atomic E-state index is 12.8. The molecule has 2 aromatic heterocycles. The van der Waals surface area contributed by atoms with Gasteiger partial charge in [-0.2, -0.15) is 4.68 Å². The zero-order valence-electron chi connectivity index (χ0n) is 13.8. The number of hydrogen-bond acceptors (Lipinski definition) is 4. The molecule has 0 amide bonds. The normalized spacial score (nSPS) is 11.0. The fraction of sp³-hybridized carbons (Fsp3) is 0.0526. The summed E-state index contributed by atoms with van der Waals surface area (Å²) in [5.74, 6) is -0.0221. The molecule has 7 nitrogen and oxygen atoms in total. The maximum Gasteiger partial charge on any atom is 0.280 e. The Labute approximate surface area is 146 Å². The highest BCUT2D eigenvalue weighted by Gasteiger charge is 2.12. The van der Waals surface area contributed by atoms with E-state index in [1.165, 1.54) is 6.07 Å². The zero-order chi connectivity index (χ0) is 18.3. The predicted octanol–water partition coefficient (Wildman–Crippen LogP) is 1.74. The van der Waals surface area contributed by atoms with Crippen molar-refractivity contribution in [2.45, 2.75) is 6.92 Å². The first kappa shape index (κ1) is 15.8. The van der Waals surface area contributed by atoms with E-state index in [0.717, 1.165) is 15.8 Å². The van der Waals surface area contributed by atoms with Crippen molar-refractivity contribution in [3.63, 3.8) is 0 Å². The number of aromatic nitrogens is 4. The number of hydrogen-bond donors (Lipinski definition) is 2. The number of benzene rings is 2. The Kier molecular flexibility index (Phi) is 3.62. The smallest absolute Gasteiger partial charge is 0.280 e. The maximum atomic E-state index is 12.8. The number of nitrogens with zero attached hydrogens (tertiary/aromatic N) is 2. The average molecular weight is 346 g/mol. The van der Waals surface area contributed by atoms with Gasteiger partial charge in [0.05, 0.1) is 10.8 Å². The minimum Gasteiger partial charge on any atom is -0.291 e. The van der Waals surface area contributed by atoms with Crippen molar-refractivity contribution in [1.82, 2.24) is 19.7 Å². The Balaban J connectivity index is 1.97. The van der Waals surface area contributed by atoms with E-state index in [9.17, 15) is 14.4 Å². The molecule has 0 saturated heterocycles. The third kappa shape index (κ3) is 2.65. The Hall–Kier alpha value is -3.74. The summed E-state index contributed by atoms with van der Waals surface area (Å²) in [6.07, 6.45) is 0. The summed E-state index contributed by atoms with van der Waals surface area (Å²) in [6, 6.07) is 16.0. The first-order valence-electron chi connectivity index (χ1n) is 7.96. The summed E-state index contributed by atoms with van der Waals surface area (Å²) in [5.41, 5.74) is 0.913. The highest BCUT2D eigenvalue weighted by atomic mass is 16.2. The van der Waals surface area contributed by atoms with Crippen LogP contribution in [0.2, 0.25) is 0 Å². The Morgan fingerprint density at radius 3 is 2.38 bits per heavy atom. The summed E-state index contributed by atoms with van der Waals surface area (Å²) in [4.78, 5) is 43.5. The van der Waals surface area contributed by atoms with E-state index >= 15 is 0 Å². The van der Waals surface area contributed by atoms with Crippen LogP contribution in [0.4, 0.5) is 0 Å². The highest BCUT2D eigenvalue weighted by Crippen LogP contribution is 2.21. The van der Waals surface area contributed by atoms with Crippen molar-refractivity contribution in [2.75, 3.05) is 0 Å². The van der Waals surface area contributed by atoms with Gasteiger partial charge in [-0.3, -0.25) is 24.5 Å². The summed E-state index contributed by atoms with van der Waals surface area (Å²) in [7, 11) is 0. The van der Waals surface area contributed by atoms with Crippen LogP contribution in [0.1, 0.15) is 5.69 Å². The number of rotatable bonds is 2. The van der Waals surface area contributed by atoms with Gasteiger partial charge in [0.25, 0.3) is 16.7 Å². The molecular weight excluding hydrogens is 332 g/mol. The quantitative estimate of drug-likeness (QED) is 0.577. The van der Waals surface area contributed by atoms with Gasteiger partial charge < -0.3 is 0 Å². The molecule has 4 aromatic rings. The van der Waals surface area contributed by atoms with Gasteiger partial charge >= 0.3 is 0 Å². The lowest BCUT2D eigenvalue weighted by molar-refractivity contribution is 0.739. The molecule has 0 aliphatic carbocycles. The fourth-order valence-corrected chi connectivity index (χ4v) is 2.88. The minimum atomic E-state index is -0.465. The van der Waals surface area contributed by atoms with Crippen LogP contribution in [0, 0.1) is 6.92 Å². The van der Waals surface area contributed by atoms with Gasteiger partial charge in [-0.15, -0.1) is 0 Å². The molecule has 0 fully saturated rings. The van der Waals surface area contributed by atoms with Crippen LogP contribution in [-0.4, -0.2) is 19.7 Å². The molecule has 0 atom stereocenters. The highest BCUT2D eigenvalue weighted by molar-refractivity contribution is 5.86. The number of fused-ring (bicyclic) bond motifs is 1. The van der Waals surface area contributed by atoms with Gasteiger partial charge in [-0.05, 0) is 30.2 Å². The van der Waals surface area contributed by atoms with Crippen molar-refractivity contribution >= 4 is 10.8 Å². The number of H-pyrrole nitrogens is 2. The van der Waals surface area contributed by atoms with Crippen LogP contribution in [0.3, 0.4) is 0 Å². The zero-order valence-corrected chi connectivity index (χ0v) is 13.8. The lowest BCUT2D eigenvalue weighted by Gasteiger charge is -2.08. The lowest BCUT2D eigenvalue weighted by atomic mass is 10.0. The SMILES string of the molecule is Cc1cc(=O)[nH]c(-n2[nH]c(=O)c3cc(-c4ccccc4)ccc3c2=O)n1. The Morgan fingerprint density at radius 1 is 0.885 bits per heavy atom. The molecule has 26 heavy (non-hydrogen) atoms. The molecule has 0 aliphatic rings. The number of nitrogens with one attached hydrogen (secondary N) is 2. The second kappa shape index (κ2) is 5.96. The molecule has 0 saturated carbocycles. The van der Waals surface area contributed by atoms with Crippen molar-refractivity contribution in [3.8, 4) is 17.1 Å². The minimum absolute atomic E-state index is 0.0221. The van der Waals surface area contributed by atoms with E-state index in [-0.39, 0.29) is 16.7 Å². The molecule has 0 bridgehead atoms. The molecule has 0 unspecified atom stereocenters. The molecular formula is C19H14N4O3. The van der Waals surface area contributed by atoms with Gasteiger partial charge in [0, 0.05) is 11.8 Å². The molecule has 0 aliphatic heterocycles. The molecule has 4 rings (SSSR count). The molecule has 2 heterocycles. The van der Waals surface area contributed by atoms with Gasteiger partial charge in [-0.25, -0.2) is 4.98 Å². The molecule has 0 radical (unpaired) electrons. The first-order chi connectivity index (χ1) is 12.5. The van der Waals surface area contributed by atoms with Crippen LogP contribution >= 0.6 is 0 Å². The number of aromatic amines is 2. The largest absolute Gasteiger partial charge is 0.291 e. The van der Waals surface area contributed by atoms with E-state index < -0.39 is 16.7 Å². The topological polar surface area (TPSA) is 101 Å². The molecule has 7 heteroatoms. The van der Waals surface area contributed by atoms with Crippen molar-refractivity contribution in [3.05, 3.63) is 91.4 Å². The first-order valence-corrected chi connectivity index (χ1v) is 7.96. The van der Waals surface area contributed by atoms with Crippen LogP contribution in [0.15, 0.2) is 69.0 Å². The third-order valence-electron chi connectivity index (χ3n) is 4.09. The molecule has 2 N–H and O–H groups in total. The second-order valence-corrected chi connectivity index (χ2v) is 5.92. The molecule has 128 valence electrons. The van der Waals surface area contributed by atoms with Gasteiger partial charge in [0.1, 0.15) is 0 Å². The summed E-state index contributed by atoms with van der Waals surface area (Å²) >= 11 is 0. The van der Waals surface area contributed by atoms with E-state index in [1.54, 1.807) is 25.1 Å².